The van der Waals surface area contributed by atoms with E-state index in [1.807, 2.05) is 0 Å². The molecule has 0 heterocycles. The first-order valence-corrected chi connectivity index (χ1v) is 11.3. The molecule has 1 unspecified atom stereocenters. The third-order valence-electron chi connectivity index (χ3n) is 4.01. The van der Waals surface area contributed by atoms with E-state index in [1.165, 1.54) is 51.9 Å². The predicted molar refractivity (Wildman–Crippen MR) is 104 cm³/mol. The minimum Gasteiger partial charge on any atom is -0.463 e. The summed E-state index contributed by atoms with van der Waals surface area (Å²) in [6.45, 7) is 3.92. The van der Waals surface area contributed by atoms with E-state index >= 15 is 0 Å². The van der Waals surface area contributed by atoms with Crippen molar-refractivity contribution in [3.05, 3.63) is 12.2 Å². The standard InChI is InChI=1S/C19H34O7S/c1-3-5-6-7-8-9-10-11-12-13-16-25-17(20)14-15-18(21)26-19(4-2)27(22,23)24/h14-15,19H,3-13,16H2,1-2H3,(H,22,23,24)/b15-14-. The molecule has 1 atom stereocenters. The molecule has 0 amide bonds. The van der Waals surface area contributed by atoms with Crippen LogP contribution in [-0.2, 0) is 29.2 Å². The number of hydrogen-bond acceptors (Lipinski definition) is 6. The van der Waals surface area contributed by atoms with Crippen LogP contribution < -0.4 is 0 Å². The first kappa shape index (κ1) is 25.6. The summed E-state index contributed by atoms with van der Waals surface area (Å²) in [5, 5.41) is 0. The van der Waals surface area contributed by atoms with Crippen molar-refractivity contribution in [1.82, 2.24) is 0 Å². The third kappa shape index (κ3) is 15.4. The van der Waals surface area contributed by atoms with Crippen molar-refractivity contribution in [3.8, 4) is 0 Å². The molecule has 8 heteroatoms. The van der Waals surface area contributed by atoms with Gasteiger partial charge in [-0.05, 0) is 12.8 Å². The lowest BCUT2D eigenvalue weighted by molar-refractivity contribution is -0.141. The fourth-order valence-corrected chi connectivity index (χ4v) is 3.11. The lowest BCUT2D eigenvalue weighted by Crippen LogP contribution is -2.25. The molecule has 27 heavy (non-hydrogen) atoms. The molecule has 0 aromatic rings. The number of unbranched alkanes of at least 4 members (excludes halogenated alkanes) is 9. The molecule has 7 nitrogen and oxygen atoms in total. The fraction of sp³-hybridized carbons (Fsp3) is 0.789. The molecule has 0 saturated carbocycles. The Labute approximate surface area is 163 Å². The van der Waals surface area contributed by atoms with Gasteiger partial charge in [-0.3, -0.25) is 4.55 Å². The lowest BCUT2D eigenvalue weighted by Gasteiger charge is -2.10. The highest BCUT2D eigenvalue weighted by Gasteiger charge is 2.24. The summed E-state index contributed by atoms with van der Waals surface area (Å²) in [4.78, 5) is 22.9. The number of ether oxygens (including phenoxy) is 2. The van der Waals surface area contributed by atoms with Gasteiger partial charge in [0.15, 0.2) is 0 Å². The van der Waals surface area contributed by atoms with E-state index < -0.39 is 27.5 Å². The summed E-state index contributed by atoms with van der Waals surface area (Å²) in [6, 6.07) is 0. The molecule has 158 valence electrons. The van der Waals surface area contributed by atoms with Gasteiger partial charge in [-0.2, -0.15) is 8.42 Å². The Kier molecular flexibility index (Phi) is 14.8. The Balaban J connectivity index is 3.73. The predicted octanol–water partition coefficient (Wildman–Crippen LogP) is 4.17. The Bertz CT molecular complexity index is 540. The normalized spacial score (nSPS) is 12.9. The SMILES string of the molecule is CCCCCCCCCCCCOC(=O)/C=C\C(=O)OC(CC)S(=O)(=O)O. The second-order valence-corrected chi connectivity index (χ2v) is 8.03. The van der Waals surface area contributed by atoms with Crippen molar-refractivity contribution >= 4 is 22.1 Å². The monoisotopic (exact) mass is 406 g/mol. The van der Waals surface area contributed by atoms with Gasteiger partial charge in [0.25, 0.3) is 0 Å². The van der Waals surface area contributed by atoms with Crippen LogP contribution in [0.15, 0.2) is 12.2 Å². The molecule has 1 N–H and O–H groups in total. The molecule has 0 bridgehead atoms. The number of carbonyl (C=O) groups excluding carboxylic acids is 2. The van der Waals surface area contributed by atoms with E-state index in [0.717, 1.165) is 31.4 Å². The summed E-state index contributed by atoms with van der Waals surface area (Å²) in [6.07, 6.45) is 13.4. The number of esters is 2. The Morgan fingerprint density at radius 3 is 1.81 bits per heavy atom. The van der Waals surface area contributed by atoms with Gasteiger partial charge in [-0.15, -0.1) is 0 Å². The summed E-state index contributed by atoms with van der Waals surface area (Å²) in [5.74, 6) is -1.72. The second kappa shape index (κ2) is 15.6. The highest BCUT2D eigenvalue weighted by atomic mass is 32.2. The first-order valence-electron chi connectivity index (χ1n) is 9.83. The Hall–Kier alpha value is -1.41. The maximum absolute atomic E-state index is 11.5. The third-order valence-corrected chi connectivity index (χ3v) is 5.10. The molecule has 0 spiro atoms. The Morgan fingerprint density at radius 2 is 1.33 bits per heavy atom. The number of hydrogen-bond donors (Lipinski definition) is 1. The van der Waals surface area contributed by atoms with Crippen LogP contribution in [0.5, 0.6) is 0 Å². The van der Waals surface area contributed by atoms with Gasteiger partial charge >= 0.3 is 22.1 Å². The van der Waals surface area contributed by atoms with Crippen molar-refractivity contribution in [1.29, 1.82) is 0 Å². The summed E-state index contributed by atoms with van der Waals surface area (Å²) in [7, 11) is -4.48. The van der Waals surface area contributed by atoms with E-state index in [1.54, 1.807) is 0 Å². The Morgan fingerprint density at radius 1 is 0.852 bits per heavy atom. The molecule has 0 aliphatic heterocycles. The summed E-state index contributed by atoms with van der Waals surface area (Å²) in [5.41, 5.74) is -1.64. The van der Waals surface area contributed by atoms with Gasteiger partial charge in [0, 0.05) is 12.2 Å². The van der Waals surface area contributed by atoms with Crippen molar-refractivity contribution in [2.45, 2.75) is 89.9 Å². The van der Waals surface area contributed by atoms with E-state index in [-0.39, 0.29) is 13.0 Å². The van der Waals surface area contributed by atoms with Gasteiger partial charge in [0.1, 0.15) is 0 Å². The molecule has 0 aliphatic carbocycles. The van der Waals surface area contributed by atoms with Gasteiger partial charge in [0.2, 0.25) is 5.44 Å². The van der Waals surface area contributed by atoms with E-state index in [0.29, 0.717) is 0 Å². The zero-order valence-corrected chi connectivity index (χ0v) is 17.3. The van der Waals surface area contributed by atoms with Crippen LogP contribution in [0.4, 0.5) is 0 Å². The zero-order chi connectivity index (χ0) is 20.5. The summed E-state index contributed by atoms with van der Waals surface area (Å²) < 4.78 is 40.2. The van der Waals surface area contributed by atoms with Crippen LogP contribution >= 0.6 is 0 Å². The van der Waals surface area contributed by atoms with Crippen LogP contribution in [0.1, 0.15) is 84.5 Å². The van der Waals surface area contributed by atoms with Gasteiger partial charge < -0.3 is 9.47 Å². The highest BCUT2D eigenvalue weighted by Crippen LogP contribution is 2.10. The number of rotatable bonds is 16. The van der Waals surface area contributed by atoms with Crippen molar-refractivity contribution in [2.24, 2.45) is 0 Å². The van der Waals surface area contributed by atoms with Crippen LogP contribution in [0.3, 0.4) is 0 Å². The molecule has 0 radical (unpaired) electrons. The van der Waals surface area contributed by atoms with Crippen molar-refractivity contribution < 1.29 is 32.0 Å². The van der Waals surface area contributed by atoms with Crippen molar-refractivity contribution in [2.75, 3.05) is 6.61 Å². The quantitative estimate of drug-likeness (QED) is 0.177. The maximum atomic E-state index is 11.5. The largest absolute Gasteiger partial charge is 0.463 e. The van der Waals surface area contributed by atoms with E-state index in [2.05, 4.69) is 11.7 Å². The van der Waals surface area contributed by atoms with Crippen LogP contribution in [0.2, 0.25) is 0 Å². The molecule has 0 aromatic heterocycles. The van der Waals surface area contributed by atoms with Gasteiger partial charge in [0.05, 0.1) is 6.61 Å². The topological polar surface area (TPSA) is 107 Å². The second-order valence-electron chi connectivity index (χ2n) is 6.47. The van der Waals surface area contributed by atoms with Crippen LogP contribution in [-0.4, -0.2) is 37.0 Å². The highest BCUT2D eigenvalue weighted by molar-refractivity contribution is 7.86. The van der Waals surface area contributed by atoms with Crippen molar-refractivity contribution in [3.63, 3.8) is 0 Å². The molecular weight excluding hydrogens is 372 g/mol. The first-order chi connectivity index (χ1) is 12.8. The molecular formula is C19H34O7S. The molecule has 0 aromatic carbocycles. The molecule has 0 fully saturated rings. The molecule has 0 saturated heterocycles. The fourth-order valence-electron chi connectivity index (χ4n) is 2.47. The van der Waals surface area contributed by atoms with E-state index in [9.17, 15) is 18.0 Å². The van der Waals surface area contributed by atoms with E-state index in [4.69, 9.17) is 9.29 Å². The smallest absolute Gasteiger partial charge is 0.332 e. The minimum absolute atomic E-state index is 0.0956. The summed E-state index contributed by atoms with van der Waals surface area (Å²) >= 11 is 0. The minimum atomic E-state index is -4.48. The molecule has 0 aliphatic rings. The van der Waals surface area contributed by atoms with Gasteiger partial charge in [-0.25, -0.2) is 9.59 Å². The average molecular weight is 407 g/mol. The maximum Gasteiger partial charge on any atom is 0.332 e. The number of carbonyl (C=O) groups is 2. The lowest BCUT2D eigenvalue weighted by atomic mass is 10.1. The molecule has 0 rings (SSSR count). The van der Waals surface area contributed by atoms with Gasteiger partial charge in [-0.1, -0.05) is 71.6 Å². The van der Waals surface area contributed by atoms with Crippen LogP contribution in [0.25, 0.3) is 0 Å². The zero-order valence-electron chi connectivity index (χ0n) is 16.5. The average Bonchev–Trinajstić information content (AvgIpc) is 2.61. The van der Waals surface area contributed by atoms with Crippen LogP contribution in [0, 0.1) is 0 Å².